The molecule has 1 aliphatic heterocycles. The summed E-state index contributed by atoms with van der Waals surface area (Å²) in [7, 11) is -0.206. The minimum absolute atomic E-state index is 0.0148. The Morgan fingerprint density at radius 1 is 1.12 bits per heavy atom. The fraction of sp³-hybridized carbons (Fsp3) is 0.581. The van der Waals surface area contributed by atoms with Gasteiger partial charge in [-0.05, 0) is 75.2 Å². The molecule has 1 aliphatic carbocycles. The van der Waals surface area contributed by atoms with E-state index in [1.54, 1.807) is 35.2 Å². The molecule has 41 heavy (non-hydrogen) atoms. The Bertz CT molecular complexity index is 1260. The van der Waals surface area contributed by atoms with Gasteiger partial charge in [0.05, 0.1) is 31.1 Å². The molecule has 3 atom stereocenters. The van der Waals surface area contributed by atoms with Gasteiger partial charge in [-0.1, -0.05) is 26.2 Å². The number of carbonyl (C=O) groups excluding carboxylic acids is 1. The number of ether oxygens (including phenoxy) is 2. The molecule has 4 rings (SSSR count). The van der Waals surface area contributed by atoms with Crippen LogP contribution in [0.25, 0.3) is 0 Å². The Kier molecular flexibility index (Phi) is 10.5. The first-order chi connectivity index (χ1) is 19.6. The van der Waals surface area contributed by atoms with E-state index in [1.807, 2.05) is 6.92 Å². The molecule has 2 N–H and O–H groups in total. The number of carbonyl (C=O) groups is 1. The molecule has 0 unspecified atom stereocenters. The number of anilines is 1. The highest BCUT2D eigenvalue weighted by molar-refractivity contribution is 7.92. The average molecular weight is 588 g/mol. The molecule has 226 valence electrons. The summed E-state index contributed by atoms with van der Waals surface area (Å²) < 4.78 is 40.5. The second-order valence-electron chi connectivity index (χ2n) is 11.7. The summed E-state index contributed by atoms with van der Waals surface area (Å²) in [4.78, 5) is 17.7. The molecular weight excluding hydrogens is 542 g/mol. The molecular formula is C31H45N3O6S. The van der Waals surface area contributed by atoms with E-state index in [2.05, 4.69) is 23.6 Å². The fourth-order valence-electron chi connectivity index (χ4n) is 5.87. The van der Waals surface area contributed by atoms with Crippen LogP contribution in [0.4, 0.5) is 5.69 Å². The van der Waals surface area contributed by atoms with Crippen LogP contribution in [0.3, 0.4) is 0 Å². The molecule has 1 amide bonds. The van der Waals surface area contributed by atoms with Gasteiger partial charge in [0.2, 0.25) is 5.91 Å². The lowest BCUT2D eigenvalue weighted by Gasteiger charge is -2.35. The Hall–Kier alpha value is -2.82. The molecule has 2 aromatic carbocycles. The zero-order valence-corrected chi connectivity index (χ0v) is 25.5. The molecule has 1 fully saturated rings. The second-order valence-corrected chi connectivity index (χ2v) is 13.4. The summed E-state index contributed by atoms with van der Waals surface area (Å²) in [5.74, 6) is 1.72. The number of hydrogen-bond acceptors (Lipinski definition) is 7. The quantitative estimate of drug-likeness (QED) is 0.430. The molecule has 0 bridgehead atoms. The molecule has 1 saturated carbocycles. The molecule has 0 radical (unpaired) electrons. The van der Waals surface area contributed by atoms with Crippen molar-refractivity contribution in [1.29, 1.82) is 0 Å². The third-order valence-electron chi connectivity index (χ3n) is 8.32. The van der Waals surface area contributed by atoms with Crippen molar-refractivity contribution in [3.05, 3.63) is 48.0 Å². The number of nitrogens with one attached hydrogen (secondary N) is 1. The Balaban J connectivity index is 1.59. The van der Waals surface area contributed by atoms with E-state index in [1.165, 1.54) is 51.3 Å². The van der Waals surface area contributed by atoms with Gasteiger partial charge in [0, 0.05) is 36.8 Å². The Morgan fingerprint density at radius 2 is 1.83 bits per heavy atom. The minimum atomic E-state index is -3.86. The van der Waals surface area contributed by atoms with Crippen molar-refractivity contribution in [3.8, 4) is 11.5 Å². The zero-order chi connectivity index (χ0) is 29.6. The average Bonchev–Trinajstić information content (AvgIpc) is 3.00. The van der Waals surface area contributed by atoms with Gasteiger partial charge >= 0.3 is 0 Å². The third kappa shape index (κ3) is 8.14. The maximum atomic E-state index is 13.5. The Morgan fingerprint density at radius 3 is 2.49 bits per heavy atom. The zero-order valence-electron chi connectivity index (χ0n) is 24.7. The van der Waals surface area contributed by atoms with Crippen molar-refractivity contribution < 1.29 is 27.8 Å². The highest BCUT2D eigenvalue weighted by Crippen LogP contribution is 2.31. The van der Waals surface area contributed by atoms with Crippen LogP contribution in [-0.2, 0) is 21.2 Å². The van der Waals surface area contributed by atoms with E-state index in [-0.39, 0.29) is 41.9 Å². The molecule has 0 saturated heterocycles. The van der Waals surface area contributed by atoms with Crippen LogP contribution in [0, 0.1) is 11.8 Å². The Labute approximate surface area is 244 Å². The number of sulfonamides is 1. The van der Waals surface area contributed by atoms with E-state index in [4.69, 9.17) is 9.47 Å². The summed E-state index contributed by atoms with van der Waals surface area (Å²) in [5.41, 5.74) is 0.949. The van der Waals surface area contributed by atoms with E-state index in [9.17, 15) is 18.3 Å². The molecule has 2 aliphatic rings. The van der Waals surface area contributed by atoms with Crippen molar-refractivity contribution in [3.63, 3.8) is 0 Å². The van der Waals surface area contributed by atoms with E-state index < -0.39 is 10.0 Å². The van der Waals surface area contributed by atoms with E-state index in [0.29, 0.717) is 41.8 Å². The van der Waals surface area contributed by atoms with Gasteiger partial charge in [-0.3, -0.25) is 9.52 Å². The third-order valence-corrected chi connectivity index (χ3v) is 9.72. The summed E-state index contributed by atoms with van der Waals surface area (Å²) in [6.45, 7) is 5.98. The van der Waals surface area contributed by atoms with Gasteiger partial charge in [-0.25, -0.2) is 8.42 Å². The lowest BCUT2D eigenvalue weighted by Crippen LogP contribution is -2.48. The number of aliphatic hydroxyl groups excluding tert-OH is 1. The molecule has 10 heteroatoms. The summed E-state index contributed by atoms with van der Waals surface area (Å²) in [6, 6.07) is 10.9. The predicted molar refractivity (Wildman–Crippen MR) is 160 cm³/mol. The van der Waals surface area contributed by atoms with Crippen LogP contribution in [0.5, 0.6) is 11.5 Å². The number of likely N-dealkylation sites (N-methyl/N-ethyl adjacent to an activating group) is 1. The number of benzene rings is 2. The maximum absolute atomic E-state index is 13.5. The highest BCUT2D eigenvalue weighted by Gasteiger charge is 2.31. The number of hydrogen-bond donors (Lipinski definition) is 2. The van der Waals surface area contributed by atoms with Crippen molar-refractivity contribution >= 4 is 21.6 Å². The number of fused-ring (bicyclic) bond motifs is 1. The largest absolute Gasteiger partial charge is 0.497 e. The van der Waals surface area contributed by atoms with Gasteiger partial charge in [-0.15, -0.1) is 0 Å². The van der Waals surface area contributed by atoms with Gasteiger partial charge in [0.25, 0.3) is 10.0 Å². The monoisotopic (exact) mass is 587 g/mol. The molecule has 1 heterocycles. The van der Waals surface area contributed by atoms with Crippen molar-refractivity contribution in [2.24, 2.45) is 11.8 Å². The number of rotatable bonds is 10. The summed E-state index contributed by atoms with van der Waals surface area (Å²) in [5, 5.41) is 9.91. The van der Waals surface area contributed by atoms with Crippen LogP contribution >= 0.6 is 0 Å². The van der Waals surface area contributed by atoms with Crippen molar-refractivity contribution in [2.75, 3.05) is 45.1 Å². The van der Waals surface area contributed by atoms with Gasteiger partial charge in [0.15, 0.2) is 0 Å². The van der Waals surface area contributed by atoms with Gasteiger partial charge < -0.3 is 24.4 Å². The first-order valence-electron chi connectivity index (χ1n) is 14.6. The molecule has 2 aromatic rings. The molecule has 0 aromatic heterocycles. The summed E-state index contributed by atoms with van der Waals surface area (Å²) in [6.07, 6.45) is 6.29. The van der Waals surface area contributed by atoms with Crippen LogP contribution in [0.2, 0.25) is 0 Å². The smallest absolute Gasteiger partial charge is 0.261 e. The maximum Gasteiger partial charge on any atom is 0.261 e. The normalized spacial score (nSPS) is 21.3. The van der Waals surface area contributed by atoms with Crippen molar-refractivity contribution in [2.45, 2.75) is 69.4 Å². The van der Waals surface area contributed by atoms with E-state index >= 15 is 0 Å². The van der Waals surface area contributed by atoms with Crippen LogP contribution < -0.4 is 14.2 Å². The molecule has 0 spiro atoms. The number of methoxy groups -OCH3 is 1. The fourth-order valence-corrected chi connectivity index (χ4v) is 6.92. The highest BCUT2D eigenvalue weighted by atomic mass is 32.2. The lowest BCUT2D eigenvalue weighted by molar-refractivity contribution is -0.134. The second kappa shape index (κ2) is 13.9. The number of amides is 1. The van der Waals surface area contributed by atoms with Crippen LogP contribution in [-0.4, -0.2) is 81.8 Å². The summed E-state index contributed by atoms with van der Waals surface area (Å²) >= 11 is 0. The minimum Gasteiger partial charge on any atom is -0.497 e. The predicted octanol–water partition coefficient (Wildman–Crippen LogP) is 4.16. The van der Waals surface area contributed by atoms with Gasteiger partial charge in [0.1, 0.15) is 17.6 Å². The number of nitrogens with zero attached hydrogens (tertiary/aromatic N) is 2. The van der Waals surface area contributed by atoms with Crippen LogP contribution in [0.1, 0.15) is 51.5 Å². The first-order valence-corrected chi connectivity index (χ1v) is 16.1. The van der Waals surface area contributed by atoms with Crippen molar-refractivity contribution in [1.82, 2.24) is 9.80 Å². The SMILES string of the molecule is COc1ccc(S(=O)(=O)Nc2ccc3c(c2)CC(=O)N([C@@H](C)CO)C[C@@H](C)[C@@H](CN(C)CC2CCCCC2)O3)cc1. The number of aliphatic hydroxyl groups is 1. The van der Waals surface area contributed by atoms with Gasteiger partial charge in [-0.2, -0.15) is 0 Å². The first kappa shape index (κ1) is 31.1. The molecule has 9 nitrogen and oxygen atoms in total. The van der Waals surface area contributed by atoms with Crippen LogP contribution in [0.15, 0.2) is 47.4 Å². The lowest BCUT2D eigenvalue weighted by atomic mass is 9.89. The topological polar surface area (TPSA) is 108 Å². The van der Waals surface area contributed by atoms with E-state index in [0.717, 1.165) is 6.54 Å². The standard InChI is InChI=1S/C31H45N3O6S/c1-22-18-34(23(2)21-35)31(36)17-25-16-26(32-41(37,38)28-13-11-27(39-4)12-14-28)10-15-29(25)40-30(22)20-33(3)19-24-8-6-5-7-9-24/h10-16,22-24,30,32,35H,5-9,17-21H2,1-4H3/t22-,23+,30-/m1/s1.